The number of Topliss-reactive ketones (excluding diaryl/α,β-unsaturated/α-hetero) is 1. The number of benzene rings is 2. The Hall–Kier alpha value is -2.82. The zero-order valence-electron chi connectivity index (χ0n) is 16.6. The lowest BCUT2D eigenvalue weighted by atomic mass is 10.0. The van der Waals surface area contributed by atoms with Gasteiger partial charge in [-0.3, -0.25) is 9.59 Å². The lowest BCUT2D eigenvalue weighted by Gasteiger charge is -2.14. The molecule has 0 spiro atoms. The highest BCUT2D eigenvalue weighted by Gasteiger charge is 2.15. The molecule has 0 saturated carbocycles. The first-order valence-corrected chi connectivity index (χ1v) is 9.74. The van der Waals surface area contributed by atoms with Crippen LogP contribution in [0.4, 0.5) is 0 Å². The fourth-order valence-corrected chi connectivity index (χ4v) is 2.98. The molecule has 2 rings (SSSR count). The molecular weight excluding hydrogens is 356 g/mol. The van der Waals surface area contributed by atoms with Crippen molar-refractivity contribution >= 4 is 12.1 Å². The van der Waals surface area contributed by atoms with Crippen LogP contribution in [0.25, 0.3) is 0 Å². The number of phenolic OH excluding ortho intramolecular Hbond substituents is 1. The Morgan fingerprint density at radius 3 is 2.32 bits per heavy atom. The molecule has 0 heterocycles. The van der Waals surface area contributed by atoms with Crippen LogP contribution in [0.5, 0.6) is 17.2 Å². The summed E-state index contributed by atoms with van der Waals surface area (Å²) in [5, 5.41) is 10.4. The van der Waals surface area contributed by atoms with Gasteiger partial charge in [-0.1, -0.05) is 25.5 Å². The van der Waals surface area contributed by atoms with Crippen LogP contribution in [0.15, 0.2) is 36.4 Å². The third-order valence-corrected chi connectivity index (χ3v) is 4.47. The zero-order chi connectivity index (χ0) is 20.4. The van der Waals surface area contributed by atoms with E-state index in [4.69, 9.17) is 9.47 Å². The second kappa shape index (κ2) is 11.1. The number of aromatic hydroxyl groups is 1. The molecule has 2 aromatic carbocycles. The summed E-state index contributed by atoms with van der Waals surface area (Å²) in [5.74, 6) is 1.13. The predicted molar refractivity (Wildman–Crippen MR) is 109 cm³/mol. The van der Waals surface area contributed by atoms with Crippen molar-refractivity contribution < 1.29 is 24.2 Å². The Kier molecular flexibility index (Phi) is 8.53. The fourth-order valence-electron chi connectivity index (χ4n) is 2.98. The van der Waals surface area contributed by atoms with Crippen LogP contribution in [-0.2, 0) is 6.42 Å². The van der Waals surface area contributed by atoms with Crippen LogP contribution in [0, 0.1) is 0 Å². The van der Waals surface area contributed by atoms with Crippen molar-refractivity contribution in [3.8, 4) is 17.2 Å². The average molecular weight is 384 g/mol. The lowest BCUT2D eigenvalue weighted by molar-refractivity contribution is 0.101. The number of unbranched alkanes of at least 4 members (excludes halogenated alkanes) is 2. The van der Waals surface area contributed by atoms with Crippen LogP contribution < -0.4 is 9.47 Å². The quantitative estimate of drug-likeness (QED) is 0.317. The number of rotatable bonds is 12. The first-order chi connectivity index (χ1) is 13.6. The molecule has 5 heteroatoms. The van der Waals surface area contributed by atoms with Crippen molar-refractivity contribution in [3.63, 3.8) is 0 Å². The van der Waals surface area contributed by atoms with Gasteiger partial charge in [0.2, 0.25) is 0 Å². The van der Waals surface area contributed by atoms with E-state index in [-0.39, 0.29) is 11.5 Å². The van der Waals surface area contributed by atoms with Crippen LogP contribution in [0.1, 0.15) is 65.8 Å². The van der Waals surface area contributed by atoms with Gasteiger partial charge in [-0.2, -0.15) is 0 Å². The molecule has 0 fully saturated rings. The van der Waals surface area contributed by atoms with Crippen LogP contribution in [-0.4, -0.2) is 30.4 Å². The summed E-state index contributed by atoms with van der Waals surface area (Å²) >= 11 is 0. The lowest BCUT2D eigenvalue weighted by Crippen LogP contribution is -2.04. The van der Waals surface area contributed by atoms with Crippen molar-refractivity contribution in [2.24, 2.45) is 0 Å². The molecule has 0 radical (unpaired) electrons. The second-order valence-corrected chi connectivity index (χ2v) is 6.66. The van der Waals surface area contributed by atoms with Crippen LogP contribution in [0.2, 0.25) is 0 Å². The molecule has 0 bridgehead atoms. The fraction of sp³-hybridized carbons (Fsp3) is 0.391. The third kappa shape index (κ3) is 5.84. The highest BCUT2D eigenvalue weighted by atomic mass is 16.5. The van der Waals surface area contributed by atoms with Gasteiger partial charge < -0.3 is 14.6 Å². The number of aldehydes is 1. The minimum atomic E-state index is -0.155. The molecule has 5 nitrogen and oxygen atoms in total. The van der Waals surface area contributed by atoms with Gasteiger partial charge in [-0.05, 0) is 56.9 Å². The number of ether oxygens (including phenoxy) is 2. The molecular formula is C23H28O5. The molecule has 2 aromatic rings. The normalized spacial score (nSPS) is 10.5. The monoisotopic (exact) mass is 384 g/mol. The molecule has 0 aliphatic heterocycles. The van der Waals surface area contributed by atoms with Gasteiger partial charge in [0, 0.05) is 5.56 Å². The highest BCUT2D eigenvalue weighted by molar-refractivity contribution is 5.97. The largest absolute Gasteiger partial charge is 0.507 e. The number of carbonyl (C=O) groups is 2. The standard InChI is InChI=1S/C23H28O5/c1-3-9-20-22(13-12-19(17(2)25)23(20)26)28-15-8-4-7-14-27-21-11-6-5-10-18(21)16-24/h5-6,10-13,16,26H,3-4,7-9,14-15H2,1-2H3. The van der Waals surface area contributed by atoms with E-state index in [1.807, 2.05) is 19.1 Å². The Balaban J connectivity index is 1.78. The SMILES string of the molecule is CCCc1c(OCCCCCOc2ccccc2C=O)ccc(C(C)=O)c1O. The Morgan fingerprint density at radius 1 is 1.00 bits per heavy atom. The second-order valence-electron chi connectivity index (χ2n) is 6.66. The van der Waals surface area contributed by atoms with Crippen molar-refractivity contribution in [1.29, 1.82) is 0 Å². The molecule has 1 N–H and O–H groups in total. The zero-order valence-corrected chi connectivity index (χ0v) is 16.6. The molecule has 0 aromatic heterocycles. The van der Waals surface area contributed by atoms with E-state index in [0.717, 1.165) is 32.0 Å². The summed E-state index contributed by atoms with van der Waals surface area (Å²) in [6.45, 7) is 4.54. The Bertz CT molecular complexity index is 798. The summed E-state index contributed by atoms with van der Waals surface area (Å²) in [5.41, 5.74) is 1.59. The Morgan fingerprint density at radius 2 is 1.68 bits per heavy atom. The predicted octanol–water partition coefficient (Wildman–Crippen LogP) is 4.99. The Labute approximate surface area is 166 Å². The molecule has 0 aliphatic rings. The van der Waals surface area contributed by atoms with Gasteiger partial charge in [-0.15, -0.1) is 0 Å². The molecule has 150 valence electrons. The molecule has 0 saturated heterocycles. The molecule has 0 atom stereocenters. The van der Waals surface area contributed by atoms with E-state index in [9.17, 15) is 14.7 Å². The van der Waals surface area contributed by atoms with Gasteiger partial charge in [0.15, 0.2) is 12.1 Å². The van der Waals surface area contributed by atoms with E-state index in [0.29, 0.717) is 47.8 Å². The molecule has 28 heavy (non-hydrogen) atoms. The topological polar surface area (TPSA) is 72.8 Å². The first-order valence-electron chi connectivity index (χ1n) is 9.74. The minimum absolute atomic E-state index is 0.0362. The van der Waals surface area contributed by atoms with E-state index < -0.39 is 0 Å². The first kappa shape index (κ1) is 21.5. The number of ketones is 1. The van der Waals surface area contributed by atoms with E-state index in [1.165, 1.54) is 6.92 Å². The van der Waals surface area contributed by atoms with E-state index in [2.05, 4.69) is 0 Å². The van der Waals surface area contributed by atoms with Gasteiger partial charge in [-0.25, -0.2) is 0 Å². The van der Waals surface area contributed by atoms with Crippen molar-refractivity contribution in [2.75, 3.05) is 13.2 Å². The van der Waals surface area contributed by atoms with Gasteiger partial charge >= 0.3 is 0 Å². The number of hydrogen-bond acceptors (Lipinski definition) is 5. The van der Waals surface area contributed by atoms with Crippen LogP contribution >= 0.6 is 0 Å². The summed E-state index contributed by atoms with van der Waals surface area (Å²) in [4.78, 5) is 22.6. The summed E-state index contributed by atoms with van der Waals surface area (Å²) in [6.07, 6.45) is 4.93. The number of para-hydroxylation sites is 1. The minimum Gasteiger partial charge on any atom is -0.507 e. The average Bonchev–Trinajstić information content (AvgIpc) is 2.69. The maximum atomic E-state index is 11.6. The summed E-state index contributed by atoms with van der Waals surface area (Å²) < 4.78 is 11.5. The smallest absolute Gasteiger partial charge is 0.163 e. The van der Waals surface area contributed by atoms with Gasteiger partial charge in [0.25, 0.3) is 0 Å². The number of phenols is 1. The summed E-state index contributed by atoms with van der Waals surface area (Å²) in [7, 11) is 0. The van der Waals surface area contributed by atoms with E-state index >= 15 is 0 Å². The van der Waals surface area contributed by atoms with Crippen molar-refractivity contribution in [3.05, 3.63) is 53.1 Å². The maximum absolute atomic E-state index is 11.6. The molecule has 0 unspecified atom stereocenters. The van der Waals surface area contributed by atoms with Gasteiger partial charge in [0.1, 0.15) is 17.2 Å². The number of hydrogen-bond donors (Lipinski definition) is 1. The molecule has 0 aliphatic carbocycles. The highest BCUT2D eigenvalue weighted by Crippen LogP contribution is 2.33. The third-order valence-electron chi connectivity index (χ3n) is 4.47. The number of carbonyl (C=O) groups excluding carboxylic acids is 2. The van der Waals surface area contributed by atoms with Crippen molar-refractivity contribution in [1.82, 2.24) is 0 Å². The van der Waals surface area contributed by atoms with Crippen LogP contribution in [0.3, 0.4) is 0 Å². The molecule has 0 amide bonds. The maximum Gasteiger partial charge on any atom is 0.163 e. The van der Waals surface area contributed by atoms with Crippen molar-refractivity contribution in [2.45, 2.75) is 46.0 Å². The summed E-state index contributed by atoms with van der Waals surface area (Å²) in [6, 6.07) is 10.6. The van der Waals surface area contributed by atoms with Gasteiger partial charge in [0.05, 0.1) is 24.3 Å². The van der Waals surface area contributed by atoms with E-state index in [1.54, 1.807) is 24.3 Å².